The van der Waals surface area contributed by atoms with E-state index in [0.29, 0.717) is 9.65 Å². The van der Waals surface area contributed by atoms with E-state index in [9.17, 15) is 0 Å². The van der Waals surface area contributed by atoms with Gasteiger partial charge in [0.05, 0.1) is 0 Å². The summed E-state index contributed by atoms with van der Waals surface area (Å²) in [6, 6.07) is 0. The van der Waals surface area contributed by atoms with Crippen molar-refractivity contribution in [3.8, 4) is 0 Å². The molecule has 0 aromatic heterocycles. The van der Waals surface area contributed by atoms with E-state index < -0.39 is 0 Å². The second kappa shape index (κ2) is 34.5. The normalized spacial score (nSPS) is 20.1. The van der Waals surface area contributed by atoms with Crippen molar-refractivity contribution in [2.75, 3.05) is 13.2 Å². The van der Waals surface area contributed by atoms with Gasteiger partial charge < -0.3 is 14.2 Å². The lowest BCUT2D eigenvalue weighted by Crippen LogP contribution is -2.28. The Labute approximate surface area is 364 Å². The molecule has 0 fully saturated rings. The molecule has 0 rings (SSSR count). The molecular formula is C50H100Br2O3. The van der Waals surface area contributed by atoms with Gasteiger partial charge in [0.2, 0.25) is 0 Å². The van der Waals surface area contributed by atoms with Crippen LogP contribution in [-0.4, -0.2) is 35.4 Å². The Kier molecular flexibility index (Phi) is 35.1. The zero-order valence-corrected chi connectivity index (χ0v) is 42.8. The minimum Gasteiger partial charge on any atom is -0.353 e. The summed E-state index contributed by atoms with van der Waals surface area (Å²) in [5.41, 5.74) is 0. The van der Waals surface area contributed by atoms with Crippen molar-refractivity contribution in [2.45, 2.75) is 248 Å². The second-order valence-corrected chi connectivity index (χ2v) is 23.4. The molecule has 0 radical (unpaired) electrons. The van der Waals surface area contributed by atoms with Crippen LogP contribution in [0.1, 0.15) is 225 Å². The molecule has 5 heteroatoms. The van der Waals surface area contributed by atoms with E-state index in [-0.39, 0.29) is 12.6 Å². The Morgan fingerprint density at radius 2 is 0.582 bits per heavy atom. The lowest BCUT2D eigenvalue weighted by molar-refractivity contribution is -0.250. The highest BCUT2D eigenvalue weighted by Crippen LogP contribution is 2.31. The molecule has 0 bridgehead atoms. The molecule has 0 saturated carbocycles. The van der Waals surface area contributed by atoms with Gasteiger partial charge in [-0.05, 0) is 162 Å². The highest BCUT2D eigenvalue weighted by atomic mass is 79.9. The van der Waals surface area contributed by atoms with Crippen LogP contribution in [0.2, 0.25) is 0 Å². The summed E-state index contributed by atoms with van der Waals surface area (Å²) in [7, 11) is 0. The number of rotatable bonds is 38. The molecule has 0 aliphatic heterocycles. The fourth-order valence-electron chi connectivity index (χ4n) is 10.1. The van der Waals surface area contributed by atoms with Gasteiger partial charge in [-0.3, -0.25) is 0 Å². The topological polar surface area (TPSA) is 27.7 Å². The number of hydrogen-bond donors (Lipinski definition) is 0. The molecule has 0 aliphatic rings. The highest BCUT2D eigenvalue weighted by Gasteiger charge is 2.22. The van der Waals surface area contributed by atoms with Gasteiger partial charge in [0.15, 0.2) is 12.6 Å². The van der Waals surface area contributed by atoms with E-state index in [4.69, 9.17) is 14.2 Å². The summed E-state index contributed by atoms with van der Waals surface area (Å²) in [5, 5.41) is 0. The Hall–Kier alpha value is 0.840. The van der Waals surface area contributed by atoms with Crippen LogP contribution in [0.15, 0.2) is 0 Å². The van der Waals surface area contributed by atoms with E-state index in [2.05, 4.69) is 129 Å². The van der Waals surface area contributed by atoms with Crippen LogP contribution >= 0.6 is 31.9 Å². The van der Waals surface area contributed by atoms with Crippen molar-refractivity contribution in [3.05, 3.63) is 0 Å². The molecule has 14 atom stereocenters. The molecule has 3 nitrogen and oxygen atoms in total. The average Bonchev–Trinajstić information content (AvgIpc) is 3.03. The number of hydrogen-bond acceptors (Lipinski definition) is 3. The summed E-state index contributed by atoms with van der Waals surface area (Å²) in [5.74, 6) is 7.90. The zero-order chi connectivity index (χ0) is 41.8. The van der Waals surface area contributed by atoms with Crippen LogP contribution in [0.3, 0.4) is 0 Å². The van der Waals surface area contributed by atoms with Crippen molar-refractivity contribution in [1.82, 2.24) is 0 Å². The Morgan fingerprint density at radius 3 is 0.836 bits per heavy atom. The first-order valence-corrected chi connectivity index (χ1v) is 25.9. The molecule has 0 aliphatic carbocycles. The molecule has 0 amide bonds. The largest absolute Gasteiger partial charge is 0.353 e. The van der Waals surface area contributed by atoms with Crippen LogP contribution in [0.4, 0.5) is 0 Å². The van der Waals surface area contributed by atoms with Crippen LogP contribution in [-0.2, 0) is 14.2 Å². The monoisotopic (exact) mass is 907 g/mol. The molecule has 55 heavy (non-hydrogen) atoms. The van der Waals surface area contributed by atoms with E-state index >= 15 is 0 Å². The third-order valence-corrected chi connectivity index (χ3v) is 12.8. The Bertz CT molecular complexity index is 772. The van der Waals surface area contributed by atoms with Crippen molar-refractivity contribution < 1.29 is 14.2 Å². The van der Waals surface area contributed by atoms with Gasteiger partial charge in [-0.15, -0.1) is 0 Å². The highest BCUT2D eigenvalue weighted by molar-refractivity contribution is 9.09. The van der Waals surface area contributed by atoms with Gasteiger partial charge in [0, 0.05) is 22.9 Å². The van der Waals surface area contributed by atoms with E-state index in [1.807, 2.05) is 0 Å². The van der Waals surface area contributed by atoms with Crippen LogP contribution < -0.4 is 0 Å². The van der Waals surface area contributed by atoms with Crippen molar-refractivity contribution >= 4 is 31.9 Å². The summed E-state index contributed by atoms with van der Waals surface area (Å²) in [6.45, 7) is 35.3. The summed E-state index contributed by atoms with van der Waals surface area (Å²) in [4.78, 5) is 1.25. The van der Waals surface area contributed by atoms with Crippen LogP contribution in [0, 0.1) is 59.2 Å². The fourth-order valence-corrected chi connectivity index (χ4v) is 11.4. The van der Waals surface area contributed by atoms with Gasteiger partial charge in [-0.2, -0.15) is 0 Å². The van der Waals surface area contributed by atoms with E-state index in [1.165, 1.54) is 77.0 Å². The first-order valence-electron chi connectivity index (χ1n) is 24.1. The summed E-state index contributed by atoms with van der Waals surface area (Å²) in [6.07, 6.45) is 24.3. The Morgan fingerprint density at radius 1 is 0.327 bits per heavy atom. The fraction of sp³-hybridized carbons (Fsp3) is 1.00. The minimum atomic E-state index is -0.161. The van der Waals surface area contributed by atoms with Crippen LogP contribution in [0.25, 0.3) is 0 Å². The first-order chi connectivity index (χ1) is 25.9. The van der Waals surface area contributed by atoms with Gasteiger partial charge in [0.1, 0.15) is 0 Å². The smallest absolute Gasteiger partial charge is 0.160 e. The maximum atomic E-state index is 6.70. The lowest BCUT2D eigenvalue weighted by atomic mass is 9.82. The number of alkyl halides is 2. The van der Waals surface area contributed by atoms with Crippen molar-refractivity contribution in [3.63, 3.8) is 0 Å². The quantitative estimate of drug-likeness (QED) is 0.0351. The third kappa shape index (κ3) is 34.3. The van der Waals surface area contributed by atoms with Crippen LogP contribution in [0.5, 0.6) is 0 Å². The maximum absolute atomic E-state index is 6.70. The lowest BCUT2D eigenvalue weighted by Gasteiger charge is -2.27. The molecule has 0 N–H and O–H groups in total. The van der Waals surface area contributed by atoms with Crippen molar-refractivity contribution in [2.24, 2.45) is 59.2 Å². The zero-order valence-electron chi connectivity index (χ0n) is 39.6. The van der Waals surface area contributed by atoms with Crippen molar-refractivity contribution in [1.29, 1.82) is 0 Å². The van der Waals surface area contributed by atoms with Gasteiger partial charge in [-0.1, -0.05) is 154 Å². The summed E-state index contributed by atoms with van der Waals surface area (Å²) < 4.78 is 19.5. The molecule has 0 spiro atoms. The SMILES string of the molecule is CCCCOC(CCCC(C)CC(C)CC(C)CC(C)CC(C)CC(C)Br)OC(CCCC(C)CC(C)CC(C)CC(C)CC(C)CC(C)Br)OCCCC. The molecule has 0 aromatic carbocycles. The predicted octanol–water partition coefficient (Wildman–Crippen LogP) is 17.5. The standard InChI is InChI=1S/C50H100Br2O3/c1-15-17-25-53-49(23-19-21-37(3)27-39(5)29-41(7)31-43(9)33-45(11)35-47(13)51)55-50(54-26-18-16-2)24-20-22-38(4)28-40(6)30-42(8)32-44(10)34-46(12)36-48(14)52/h37-50H,15-36H2,1-14H3. The molecule has 0 saturated heterocycles. The second-order valence-electron chi connectivity index (χ2n) is 20.3. The van der Waals surface area contributed by atoms with Gasteiger partial charge in [-0.25, -0.2) is 0 Å². The van der Waals surface area contributed by atoms with E-state index in [0.717, 1.165) is 124 Å². The van der Waals surface area contributed by atoms with E-state index in [1.54, 1.807) is 0 Å². The molecule has 0 heterocycles. The first kappa shape index (κ1) is 55.8. The molecule has 14 unspecified atom stereocenters. The average molecular weight is 909 g/mol. The third-order valence-electron chi connectivity index (χ3n) is 12.1. The predicted molar refractivity (Wildman–Crippen MR) is 253 cm³/mol. The van der Waals surface area contributed by atoms with Gasteiger partial charge >= 0.3 is 0 Å². The molecule has 332 valence electrons. The number of ether oxygens (including phenoxy) is 3. The van der Waals surface area contributed by atoms with Gasteiger partial charge in [0.25, 0.3) is 0 Å². The number of halogens is 2. The molecular weight excluding hydrogens is 808 g/mol. The number of unbranched alkanes of at least 4 members (excludes halogenated alkanes) is 2. The molecule has 0 aromatic rings. The minimum absolute atomic E-state index is 0.161. The summed E-state index contributed by atoms with van der Waals surface area (Å²) >= 11 is 7.50. The maximum Gasteiger partial charge on any atom is 0.160 e. The Balaban J connectivity index is 4.88.